The molecular formula is C16H19BrN2O. The van der Waals surface area contributed by atoms with Gasteiger partial charge in [0.25, 0.3) is 0 Å². The molecule has 0 fully saturated rings. The second-order valence-corrected chi connectivity index (χ2v) is 5.67. The second kappa shape index (κ2) is 7.31. The third-order valence-corrected chi connectivity index (χ3v) is 3.54. The average molecular weight is 335 g/mol. The van der Waals surface area contributed by atoms with Crippen LogP contribution in [0.5, 0.6) is 5.75 Å². The lowest BCUT2D eigenvalue weighted by atomic mass is 10.2. The highest BCUT2D eigenvalue weighted by atomic mass is 79.9. The molecule has 0 unspecified atom stereocenters. The van der Waals surface area contributed by atoms with Gasteiger partial charge in [0.05, 0.1) is 5.69 Å². The molecular weight excluding hydrogens is 316 g/mol. The number of anilines is 1. The van der Waals surface area contributed by atoms with Crippen LogP contribution in [0.2, 0.25) is 0 Å². The van der Waals surface area contributed by atoms with Crippen molar-refractivity contribution in [3.63, 3.8) is 0 Å². The van der Waals surface area contributed by atoms with Crippen molar-refractivity contribution >= 4 is 21.6 Å². The van der Waals surface area contributed by atoms with E-state index in [4.69, 9.17) is 10.5 Å². The van der Waals surface area contributed by atoms with E-state index in [2.05, 4.69) is 52.1 Å². The van der Waals surface area contributed by atoms with Gasteiger partial charge in [-0.3, -0.25) is 4.90 Å². The summed E-state index contributed by atoms with van der Waals surface area (Å²) in [7, 11) is 2.08. The zero-order chi connectivity index (χ0) is 14.4. The summed E-state index contributed by atoms with van der Waals surface area (Å²) < 4.78 is 6.79. The molecule has 0 bridgehead atoms. The molecule has 106 valence electrons. The SMILES string of the molecule is CN(CCOc1ccccc1N)Cc1ccc(Br)cc1. The Hall–Kier alpha value is -1.52. The predicted molar refractivity (Wildman–Crippen MR) is 86.8 cm³/mol. The Labute approximate surface area is 128 Å². The van der Waals surface area contributed by atoms with Crippen LogP contribution in [0, 0.1) is 0 Å². The third-order valence-electron chi connectivity index (χ3n) is 3.02. The maximum Gasteiger partial charge on any atom is 0.142 e. The monoisotopic (exact) mass is 334 g/mol. The maximum atomic E-state index is 5.83. The molecule has 0 spiro atoms. The molecule has 3 nitrogen and oxygen atoms in total. The summed E-state index contributed by atoms with van der Waals surface area (Å²) >= 11 is 3.44. The van der Waals surface area contributed by atoms with E-state index in [9.17, 15) is 0 Å². The molecule has 20 heavy (non-hydrogen) atoms. The Balaban J connectivity index is 1.76. The van der Waals surface area contributed by atoms with E-state index < -0.39 is 0 Å². The molecule has 0 amide bonds. The van der Waals surface area contributed by atoms with Crippen LogP contribution in [0.25, 0.3) is 0 Å². The fraction of sp³-hybridized carbons (Fsp3) is 0.250. The van der Waals surface area contributed by atoms with Gasteiger partial charge in [0.1, 0.15) is 12.4 Å². The zero-order valence-corrected chi connectivity index (χ0v) is 13.1. The van der Waals surface area contributed by atoms with Gasteiger partial charge >= 0.3 is 0 Å². The minimum absolute atomic E-state index is 0.626. The molecule has 0 aliphatic carbocycles. The van der Waals surface area contributed by atoms with Gasteiger partial charge in [0.15, 0.2) is 0 Å². The lowest BCUT2D eigenvalue weighted by molar-refractivity contribution is 0.233. The molecule has 2 rings (SSSR count). The molecule has 2 aromatic rings. The molecule has 0 atom stereocenters. The minimum Gasteiger partial charge on any atom is -0.490 e. The molecule has 4 heteroatoms. The lowest BCUT2D eigenvalue weighted by Crippen LogP contribution is -2.24. The van der Waals surface area contributed by atoms with Crippen LogP contribution >= 0.6 is 15.9 Å². The number of halogens is 1. The number of hydrogen-bond donors (Lipinski definition) is 1. The predicted octanol–water partition coefficient (Wildman–Crippen LogP) is 3.54. The molecule has 0 saturated heterocycles. The van der Waals surface area contributed by atoms with Crippen molar-refractivity contribution in [1.29, 1.82) is 0 Å². The number of nitrogens with two attached hydrogens (primary N) is 1. The number of likely N-dealkylation sites (N-methyl/N-ethyl adjacent to an activating group) is 1. The van der Waals surface area contributed by atoms with E-state index in [1.165, 1.54) is 5.56 Å². The third kappa shape index (κ3) is 4.54. The van der Waals surface area contributed by atoms with E-state index in [-0.39, 0.29) is 0 Å². The summed E-state index contributed by atoms with van der Waals surface area (Å²) in [5.74, 6) is 0.754. The Kier molecular flexibility index (Phi) is 5.44. The largest absolute Gasteiger partial charge is 0.490 e. The molecule has 0 aromatic heterocycles. The number of nitrogen functional groups attached to an aromatic ring is 1. The first-order valence-corrected chi connectivity index (χ1v) is 7.35. The number of ether oxygens (including phenoxy) is 1. The van der Waals surface area contributed by atoms with Crippen molar-refractivity contribution in [3.8, 4) is 5.75 Å². The Morgan fingerprint density at radius 3 is 2.50 bits per heavy atom. The highest BCUT2D eigenvalue weighted by Crippen LogP contribution is 2.19. The van der Waals surface area contributed by atoms with Gasteiger partial charge in [0.2, 0.25) is 0 Å². The number of hydrogen-bond acceptors (Lipinski definition) is 3. The first-order chi connectivity index (χ1) is 9.65. The van der Waals surface area contributed by atoms with E-state index in [0.29, 0.717) is 12.3 Å². The smallest absolute Gasteiger partial charge is 0.142 e. The summed E-state index contributed by atoms with van der Waals surface area (Å²) in [6, 6.07) is 15.9. The van der Waals surface area contributed by atoms with Crippen molar-refractivity contribution in [2.24, 2.45) is 0 Å². The standard InChI is InChI=1S/C16H19BrN2O/c1-19(12-13-6-8-14(17)9-7-13)10-11-20-16-5-3-2-4-15(16)18/h2-9H,10-12,18H2,1H3. The minimum atomic E-state index is 0.626. The highest BCUT2D eigenvalue weighted by Gasteiger charge is 2.02. The van der Waals surface area contributed by atoms with Gasteiger partial charge < -0.3 is 10.5 Å². The van der Waals surface area contributed by atoms with Crippen molar-refractivity contribution in [1.82, 2.24) is 4.90 Å². The van der Waals surface area contributed by atoms with Crippen LogP contribution in [0.4, 0.5) is 5.69 Å². The number of rotatable bonds is 6. The Morgan fingerprint density at radius 2 is 1.80 bits per heavy atom. The van der Waals surface area contributed by atoms with Gasteiger partial charge in [-0.2, -0.15) is 0 Å². The van der Waals surface area contributed by atoms with Crippen LogP contribution in [0.3, 0.4) is 0 Å². The van der Waals surface area contributed by atoms with Gasteiger partial charge in [-0.05, 0) is 36.9 Å². The van der Waals surface area contributed by atoms with Crippen molar-refractivity contribution in [3.05, 3.63) is 58.6 Å². The van der Waals surface area contributed by atoms with Crippen molar-refractivity contribution in [2.45, 2.75) is 6.54 Å². The van der Waals surface area contributed by atoms with Crippen LogP contribution in [-0.4, -0.2) is 25.1 Å². The summed E-state index contributed by atoms with van der Waals surface area (Å²) in [5, 5.41) is 0. The highest BCUT2D eigenvalue weighted by molar-refractivity contribution is 9.10. The Morgan fingerprint density at radius 1 is 1.10 bits per heavy atom. The van der Waals surface area contributed by atoms with Gasteiger partial charge in [0, 0.05) is 17.6 Å². The summed E-state index contributed by atoms with van der Waals surface area (Å²) in [4.78, 5) is 2.22. The zero-order valence-electron chi connectivity index (χ0n) is 11.6. The molecule has 0 aliphatic heterocycles. The molecule has 0 aliphatic rings. The van der Waals surface area contributed by atoms with Crippen LogP contribution in [-0.2, 0) is 6.54 Å². The first kappa shape index (κ1) is 14.9. The topological polar surface area (TPSA) is 38.5 Å². The molecule has 0 heterocycles. The van der Waals surface area contributed by atoms with Crippen molar-refractivity contribution in [2.75, 3.05) is 25.9 Å². The van der Waals surface area contributed by atoms with Crippen molar-refractivity contribution < 1.29 is 4.74 Å². The van der Waals surface area contributed by atoms with Gasteiger partial charge in [-0.1, -0.05) is 40.2 Å². The Bertz CT molecular complexity index is 542. The van der Waals surface area contributed by atoms with Gasteiger partial charge in [-0.15, -0.1) is 0 Å². The van der Waals surface area contributed by atoms with Gasteiger partial charge in [-0.25, -0.2) is 0 Å². The number of para-hydroxylation sites is 2. The maximum absolute atomic E-state index is 5.83. The van der Waals surface area contributed by atoms with E-state index >= 15 is 0 Å². The van der Waals surface area contributed by atoms with Crippen LogP contribution < -0.4 is 10.5 Å². The number of nitrogens with zero attached hydrogens (tertiary/aromatic N) is 1. The summed E-state index contributed by atoms with van der Waals surface area (Å²) in [6.45, 7) is 2.38. The number of benzene rings is 2. The quantitative estimate of drug-likeness (QED) is 0.821. The molecule has 2 aromatic carbocycles. The summed E-state index contributed by atoms with van der Waals surface area (Å²) in [5.41, 5.74) is 7.80. The summed E-state index contributed by atoms with van der Waals surface area (Å²) in [6.07, 6.45) is 0. The van der Waals surface area contributed by atoms with Crippen LogP contribution in [0.1, 0.15) is 5.56 Å². The normalized spacial score (nSPS) is 10.8. The molecule has 2 N–H and O–H groups in total. The van der Waals surface area contributed by atoms with E-state index in [0.717, 1.165) is 23.3 Å². The second-order valence-electron chi connectivity index (χ2n) is 4.75. The van der Waals surface area contributed by atoms with E-state index in [1.54, 1.807) is 0 Å². The lowest BCUT2D eigenvalue weighted by Gasteiger charge is -2.17. The van der Waals surface area contributed by atoms with E-state index in [1.807, 2.05) is 24.3 Å². The fourth-order valence-corrected chi connectivity index (χ4v) is 2.17. The van der Waals surface area contributed by atoms with Crippen LogP contribution in [0.15, 0.2) is 53.0 Å². The average Bonchev–Trinajstić information content (AvgIpc) is 2.43. The first-order valence-electron chi connectivity index (χ1n) is 6.55. The molecule has 0 radical (unpaired) electrons. The fourth-order valence-electron chi connectivity index (χ4n) is 1.90. The molecule has 0 saturated carbocycles.